The normalized spacial score (nSPS) is 24.7. The minimum atomic E-state index is 0.425. The Kier molecular flexibility index (Phi) is 2.82. The van der Waals surface area contributed by atoms with Crippen molar-refractivity contribution in [3.63, 3.8) is 0 Å². The largest absolute Gasteiger partial charge is 0.397 e. The third-order valence-corrected chi connectivity index (χ3v) is 3.11. The van der Waals surface area contributed by atoms with E-state index in [-0.39, 0.29) is 0 Å². The van der Waals surface area contributed by atoms with Crippen LogP contribution in [0.15, 0.2) is 18.2 Å². The Balaban J connectivity index is 1.97. The number of nitrogens with one attached hydrogen (secondary N) is 1. The second-order valence-corrected chi connectivity index (χ2v) is 4.21. The summed E-state index contributed by atoms with van der Waals surface area (Å²) in [5, 5.41) is 3.45. The van der Waals surface area contributed by atoms with E-state index in [0.29, 0.717) is 12.1 Å². The summed E-state index contributed by atoms with van der Waals surface area (Å²) in [6.07, 6.45) is 2.57. The molecule has 0 amide bonds. The maximum absolute atomic E-state index is 5.98. The Morgan fingerprint density at radius 3 is 2.80 bits per heavy atom. The van der Waals surface area contributed by atoms with E-state index in [4.69, 9.17) is 10.5 Å². The summed E-state index contributed by atoms with van der Waals surface area (Å²) in [6, 6.07) is 6.60. The van der Waals surface area contributed by atoms with Gasteiger partial charge in [-0.1, -0.05) is 12.1 Å². The minimum Gasteiger partial charge on any atom is -0.397 e. The van der Waals surface area contributed by atoms with Crippen molar-refractivity contribution in [2.75, 3.05) is 18.2 Å². The Morgan fingerprint density at radius 1 is 1.40 bits per heavy atom. The van der Waals surface area contributed by atoms with Gasteiger partial charge < -0.3 is 15.8 Å². The monoisotopic (exact) mass is 206 g/mol. The number of rotatable bonds is 3. The molecule has 0 heterocycles. The average Bonchev–Trinajstić information content (AvgIpc) is 2.17. The van der Waals surface area contributed by atoms with Crippen molar-refractivity contribution in [1.82, 2.24) is 0 Å². The zero-order chi connectivity index (χ0) is 10.8. The highest BCUT2D eigenvalue weighted by atomic mass is 16.5. The molecule has 0 unspecified atom stereocenters. The van der Waals surface area contributed by atoms with Crippen molar-refractivity contribution < 1.29 is 4.74 Å². The Morgan fingerprint density at radius 2 is 2.13 bits per heavy atom. The number of benzene rings is 1. The number of nitrogen functional groups attached to an aromatic ring is 1. The number of aryl methyl sites for hydroxylation is 1. The predicted octanol–water partition coefficient (Wildman–Crippen LogP) is 2.17. The molecule has 0 aromatic heterocycles. The fourth-order valence-electron chi connectivity index (χ4n) is 1.90. The lowest BCUT2D eigenvalue weighted by Crippen LogP contribution is -2.40. The van der Waals surface area contributed by atoms with Gasteiger partial charge in [0, 0.05) is 13.2 Å². The molecule has 3 heteroatoms. The van der Waals surface area contributed by atoms with Crippen LogP contribution in [0.25, 0.3) is 0 Å². The van der Waals surface area contributed by atoms with Crippen LogP contribution in [-0.4, -0.2) is 19.3 Å². The second kappa shape index (κ2) is 4.11. The smallest absolute Gasteiger partial charge is 0.0610 e. The molecular weight excluding hydrogens is 188 g/mol. The average molecular weight is 206 g/mol. The zero-order valence-corrected chi connectivity index (χ0v) is 9.29. The van der Waals surface area contributed by atoms with Crippen LogP contribution in [0, 0.1) is 6.92 Å². The number of methoxy groups -OCH3 is 1. The second-order valence-electron chi connectivity index (χ2n) is 4.21. The third-order valence-electron chi connectivity index (χ3n) is 3.11. The van der Waals surface area contributed by atoms with Crippen LogP contribution in [0.2, 0.25) is 0 Å². The Bertz CT molecular complexity index is 345. The lowest BCUT2D eigenvalue weighted by molar-refractivity contribution is 0.0329. The van der Waals surface area contributed by atoms with Crippen LogP contribution in [0.4, 0.5) is 11.4 Å². The van der Waals surface area contributed by atoms with Crippen molar-refractivity contribution in [3.8, 4) is 0 Å². The molecule has 1 saturated carbocycles. The van der Waals surface area contributed by atoms with Gasteiger partial charge in [-0.05, 0) is 31.4 Å². The molecule has 1 aliphatic carbocycles. The van der Waals surface area contributed by atoms with Crippen LogP contribution in [0.5, 0.6) is 0 Å². The molecule has 3 nitrogen and oxygen atoms in total. The van der Waals surface area contributed by atoms with Crippen molar-refractivity contribution in [3.05, 3.63) is 23.8 Å². The first-order chi connectivity index (χ1) is 7.20. The van der Waals surface area contributed by atoms with Gasteiger partial charge in [-0.15, -0.1) is 0 Å². The maximum atomic E-state index is 5.98. The molecule has 0 spiro atoms. The van der Waals surface area contributed by atoms with Crippen molar-refractivity contribution >= 4 is 11.4 Å². The highest BCUT2D eigenvalue weighted by Gasteiger charge is 2.29. The van der Waals surface area contributed by atoms with Crippen LogP contribution in [0.1, 0.15) is 18.4 Å². The predicted molar refractivity (Wildman–Crippen MR) is 63.0 cm³/mol. The van der Waals surface area contributed by atoms with Gasteiger partial charge in [0.1, 0.15) is 0 Å². The highest BCUT2D eigenvalue weighted by molar-refractivity contribution is 5.69. The lowest BCUT2D eigenvalue weighted by Gasteiger charge is -2.35. The fraction of sp³-hybridized carbons (Fsp3) is 0.500. The van der Waals surface area contributed by atoms with E-state index < -0.39 is 0 Å². The molecule has 0 atom stereocenters. The van der Waals surface area contributed by atoms with E-state index >= 15 is 0 Å². The van der Waals surface area contributed by atoms with E-state index in [0.717, 1.165) is 29.8 Å². The number of nitrogens with two attached hydrogens (primary N) is 1. The summed E-state index contributed by atoms with van der Waals surface area (Å²) in [7, 11) is 1.77. The number of hydrogen-bond donors (Lipinski definition) is 2. The zero-order valence-electron chi connectivity index (χ0n) is 9.29. The van der Waals surface area contributed by atoms with Gasteiger partial charge in [-0.25, -0.2) is 0 Å². The molecule has 15 heavy (non-hydrogen) atoms. The quantitative estimate of drug-likeness (QED) is 0.745. The molecule has 0 saturated heterocycles. The molecular formula is C12H18N2O. The molecule has 0 aliphatic heterocycles. The molecule has 2 rings (SSSR count). The molecule has 0 radical (unpaired) electrons. The van der Waals surface area contributed by atoms with Gasteiger partial charge in [0.25, 0.3) is 0 Å². The summed E-state index contributed by atoms with van der Waals surface area (Å²) in [6.45, 7) is 2.03. The number of para-hydroxylation sites is 1. The van der Waals surface area contributed by atoms with Gasteiger partial charge >= 0.3 is 0 Å². The van der Waals surface area contributed by atoms with Gasteiger partial charge in [0.2, 0.25) is 0 Å². The standard InChI is InChI=1S/C12H18N2O/c1-8-4-3-5-11(12(8)13)14-9-6-10(7-9)15-2/h3-5,9-10,14H,6-7,13H2,1-2H3. The van der Waals surface area contributed by atoms with Gasteiger partial charge in [0.05, 0.1) is 17.5 Å². The molecule has 1 aromatic carbocycles. The fourth-order valence-corrected chi connectivity index (χ4v) is 1.90. The van der Waals surface area contributed by atoms with E-state index in [9.17, 15) is 0 Å². The molecule has 3 N–H and O–H groups in total. The summed E-state index contributed by atoms with van der Waals surface area (Å²) >= 11 is 0. The molecule has 1 aromatic rings. The lowest BCUT2D eigenvalue weighted by atomic mass is 9.89. The van der Waals surface area contributed by atoms with Crippen molar-refractivity contribution in [2.24, 2.45) is 0 Å². The van der Waals surface area contributed by atoms with Gasteiger partial charge in [-0.3, -0.25) is 0 Å². The first kappa shape index (κ1) is 10.3. The highest BCUT2D eigenvalue weighted by Crippen LogP contribution is 2.29. The van der Waals surface area contributed by atoms with Gasteiger partial charge in [0.15, 0.2) is 0 Å². The summed E-state index contributed by atoms with van der Waals surface area (Å²) in [5.74, 6) is 0. The summed E-state index contributed by atoms with van der Waals surface area (Å²) < 4.78 is 5.24. The summed E-state index contributed by atoms with van der Waals surface area (Å²) in [5.41, 5.74) is 9.02. The summed E-state index contributed by atoms with van der Waals surface area (Å²) in [4.78, 5) is 0. The topological polar surface area (TPSA) is 47.3 Å². The maximum Gasteiger partial charge on any atom is 0.0610 e. The Labute approximate surface area is 90.6 Å². The van der Waals surface area contributed by atoms with Crippen molar-refractivity contribution in [1.29, 1.82) is 0 Å². The van der Waals surface area contributed by atoms with Crippen LogP contribution < -0.4 is 11.1 Å². The first-order valence-corrected chi connectivity index (χ1v) is 5.35. The minimum absolute atomic E-state index is 0.425. The number of ether oxygens (including phenoxy) is 1. The molecule has 1 fully saturated rings. The van der Waals surface area contributed by atoms with E-state index in [1.807, 2.05) is 25.1 Å². The van der Waals surface area contributed by atoms with Gasteiger partial charge in [-0.2, -0.15) is 0 Å². The Hall–Kier alpha value is -1.22. The van der Waals surface area contributed by atoms with Crippen LogP contribution in [0.3, 0.4) is 0 Å². The van der Waals surface area contributed by atoms with Crippen molar-refractivity contribution in [2.45, 2.75) is 31.9 Å². The van der Waals surface area contributed by atoms with E-state index in [1.54, 1.807) is 7.11 Å². The van der Waals surface area contributed by atoms with E-state index in [2.05, 4.69) is 5.32 Å². The SMILES string of the molecule is COC1CC(Nc2cccc(C)c2N)C1. The molecule has 1 aliphatic rings. The van der Waals surface area contributed by atoms with E-state index in [1.165, 1.54) is 0 Å². The molecule has 82 valence electrons. The number of anilines is 2. The molecule has 0 bridgehead atoms. The number of hydrogen-bond acceptors (Lipinski definition) is 3. The third kappa shape index (κ3) is 2.07. The van der Waals surface area contributed by atoms with Crippen LogP contribution >= 0.6 is 0 Å². The first-order valence-electron chi connectivity index (χ1n) is 5.35. The van der Waals surface area contributed by atoms with Crippen LogP contribution in [-0.2, 0) is 4.74 Å².